The lowest BCUT2D eigenvalue weighted by Crippen LogP contribution is -2.39. The molecule has 0 radical (unpaired) electrons. The molecule has 0 spiro atoms. The Kier molecular flexibility index (Phi) is 5.06. The zero-order chi connectivity index (χ0) is 18.7. The van der Waals surface area contributed by atoms with Crippen LogP contribution in [0.15, 0.2) is 53.6 Å². The molecule has 3 rings (SSSR count). The van der Waals surface area contributed by atoms with E-state index in [2.05, 4.69) is 10.4 Å². The van der Waals surface area contributed by atoms with Gasteiger partial charge in [0, 0.05) is 19.9 Å². The van der Waals surface area contributed by atoms with E-state index in [-0.39, 0.29) is 24.5 Å². The predicted molar refractivity (Wildman–Crippen MR) is 92.2 cm³/mol. The number of halogens is 2. The normalized spacial score (nSPS) is 14.4. The molecule has 0 fully saturated rings. The van der Waals surface area contributed by atoms with Gasteiger partial charge in [-0.05, 0) is 35.4 Å². The number of carbonyl (C=O) groups excluding carboxylic acids is 2. The molecule has 0 saturated carbocycles. The van der Waals surface area contributed by atoms with Gasteiger partial charge in [0.2, 0.25) is 5.91 Å². The molecule has 0 aliphatic carbocycles. The van der Waals surface area contributed by atoms with Crippen LogP contribution in [0.5, 0.6) is 0 Å². The Bertz CT molecular complexity index is 803. The van der Waals surface area contributed by atoms with Gasteiger partial charge >= 0.3 is 0 Å². The highest BCUT2D eigenvalue weighted by Crippen LogP contribution is 2.23. The molecule has 1 aliphatic heterocycles. The third-order valence-corrected chi connectivity index (χ3v) is 4.15. The quantitative estimate of drug-likeness (QED) is 0.915. The van der Waals surface area contributed by atoms with Crippen molar-refractivity contribution >= 4 is 17.5 Å². The number of rotatable bonds is 4. The second kappa shape index (κ2) is 7.43. The smallest absolute Gasteiger partial charge is 0.268 e. The van der Waals surface area contributed by atoms with E-state index in [0.29, 0.717) is 11.1 Å². The summed E-state index contributed by atoms with van der Waals surface area (Å²) in [6.07, 6.45) is 0.453. The summed E-state index contributed by atoms with van der Waals surface area (Å²) in [5.41, 5.74) is 1.53. The summed E-state index contributed by atoms with van der Waals surface area (Å²) in [5, 5.41) is 7.98. The van der Waals surface area contributed by atoms with Crippen molar-refractivity contribution in [3.05, 3.63) is 71.3 Å². The topological polar surface area (TPSA) is 61.8 Å². The molecule has 0 aromatic heterocycles. The molecule has 5 nitrogen and oxygen atoms in total. The van der Waals surface area contributed by atoms with Crippen LogP contribution in [0.2, 0.25) is 0 Å². The van der Waals surface area contributed by atoms with Crippen LogP contribution in [-0.4, -0.2) is 29.6 Å². The zero-order valence-corrected chi connectivity index (χ0v) is 14.1. The van der Waals surface area contributed by atoms with E-state index in [1.54, 1.807) is 24.3 Å². The van der Waals surface area contributed by atoms with Crippen LogP contribution in [0.4, 0.5) is 8.78 Å². The van der Waals surface area contributed by atoms with Crippen molar-refractivity contribution in [3.63, 3.8) is 0 Å². The van der Waals surface area contributed by atoms with Crippen LogP contribution in [-0.2, 0) is 9.59 Å². The van der Waals surface area contributed by atoms with Gasteiger partial charge < -0.3 is 5.32 Å². The van der Waals surface area contributed by atoms with Gasteiger partial charge in [-0.25, -0.2) is 13.8 Å². The van der Waals surface area contributed by atoms with Gasteiger partial charge in [0.05, 0.1) is 6.04 Å². The maximum Gasteiger partial charge on any atom is 0.268 e. The number of hydrogen-bond acceptors (Lipinski definition) is 3. The molecule has 0 unspecified atom stereocenters. The van der Waals surface area contributed by atoms with Crippen LogP contribution in [0.25, 0.3) is 0 Å². The Morgan fingerprint density at radius 2 is 1.50 bits per heavy atom. The predicted octanol–water partition coefficient (Wildman–Crippen LogP) is 2.78. The summed E-state index contributed by atoms with van der Waals surface area (Å²) in [7, 11) is 1.49. The number of hydrazone groups is 1. The number of nitrogens with zero attached hydrogens (tertiary/aromatic N) is 2. The van der Waals surface area contributed by atoms with Crippen LogP contribution in [0.3, 0.4) is 0 Å². The van der Waals surface area contributed by atoms with E-state index in [0.717, 1.165) is 5.01 Å². The number of benzene rings is 2. The van der Waals surface area contributed by atoms with Crippen molar-refractivity contribution in [2.75, 3.05) is 7.05 Å². The summed E-state index contributed by atoms with van der Waals surface area (Å²) in [5.74, 6) is -1.37. The van der Waals surface area contributed by atoms with E-state index < -0.39 is 23.6 Å². The van der Waals surface area contributed by atoms with Crippen molar-refractivity contribution in [1.29, 1.82) is 0 Å². The molecule has 1 N–H and O–H groups in total. The van der Waals surface area contributed by atoms with Crippen molar-refractivity contribution in [1.82, 2.24) is 10.3 Å². The number of carbonyl (C=O) groups is 2. The largest absolute Gasteiger partial charge is 0.340 e. The number of hydrogen-bond donors (Lipinski definition) is 1. The fourth-order valence-electron chi connectivity index (χ4n) is 2.72. The minimum Gasteiger partial charge on any atom is -0.340 e. The highest BCUT2D eigenvalue weighted by molar-refractivity contribution is 6.39. The Hall–Kier alpha value is -3.09. The van der Waals surface area contributed by atoms with Crippen LogP contribution >= 0.6 is 0 Å². The van der Waals surface area contributed by atoms with Gasteiger partial charge in [-0.15, -0.1) is 0 Å². The summed E-state index contributed by atoms with van der Waals surface area (Å²) in [4.78, 5) is 24.1. The second-order valence-electron chi connectivity index (χ2n) is 5.97. The molecule has 2 amide bonds. The highest BCUT2D eigenvalue weighted by atomic mass is 19.1. The monoisotopic (exact) mass is 357 g/mol. The Morgan fingerprint density at radius 3 is 1.96 bits per heavy atom. The minimum absolute atomic E-state index is 0.157. The van der Waals surface area contributed by atoms with Gasteiger partial charge in [0.25, 0.3) is 5.91 Å². The summed E-state index contributed by atoms with van der Waals surface area (Å²) < 4.78 is 26.5. The second-order valence-corrected chi connectivity index (χ2v) is 5.97. The lowest BCUT2D eigenvalue weighted by atomic mass is 9.98. The van der Waals surface area contributed by atoms with Gasteiger partial charge in [0.1, 0.15) is 17.3 Å². The standard InChI is InChI=1S/C19H17F2N3O2/c1-24-17(25)11-10-16(23-24)19(26)22-18(12-2-6-14(20)7-3-12)13-4-8-15(21)9-5-13/h2-9,18H,10-11H2,1H3,(H,22,26). The lowest BCUT2D eigenvalue weighted by molar-refractivity contribution is -0.130. The maximum absolute atomic E-state index is 13.2. The first kappa shape index (κ1) is 17.7. The van der Waals surface area contributed by atoms with Crippen LogP contribution < -0.4 is 5.32 Å². The molecule has 1 heterocycles. The molecule has 2 aromatic rings. The van der Waals surface area contributed by atoms with Crippen LogP contribution in [0.1, 0.15) is 30.0 Å². The highest BCUT2D eigenvalue weighted by Gasteiger charge is 2.25. The first-order chi connectivity index (χ1) is 12.4. The molecule has 0 bridgehead atoms. The molecule has 1 aliphatic rings. The Labute approximate surface area is 149 Å². The molecule has 0 saturated heterocycles. The first-order valence-corrected chi connectivity index (χ1v) is 8.10. The Balaban J connectivity index is 1.89. The molecular weight excluding hydrogens is 340 g/mol. The van der Waals surface area contributed by atoms with Crippen LogP contribution in [0, 0.1) is 11.6 Å². The Morgan fingerprint density at radius 1 is 1.00 bits per heavy atom. The van der Waals surface area contributed by atoms with Crippen molar-refractivity contribution < 1.29 is 18.4 Å². The summed E-state index contributed by atoms with van der Waals surface area (Å²) >= 11 is 0. The molecule has 2 aromatic carbocycles. The van der Waals surface area contributed by atoms with Gasteiger partial charge in [-0.2, -0.15) is 5.10 Å². The average Bonchev–Trinajstić information content (AvgIpc) is 2.63. The van der Waals surface area contributed by atoms with Gasteiger partial charge in [-0.1, -0.05) is 24.3 Å². The minimum atomic E-state index is -0.602. The molecule has 134 valence electrons. The van der Waals surface area contributed by atoms with E-state index in [9.17, 15) is 18.4 Å². The summed E-state index contributed by atoms with van der Waals surface area (Å²) in [6.45, 7) is 0. The number of amides is 2. The van der Waals surface area contributed by atoms with Crippen molar-refractivity contribution in [3.8, 4) is 0 Å². The number of nitrogens with one attached hydrogen (secondary N) is 1. The zero-order valence-electron chi connectivity index (χ0n) is 14.1. The third kappa shape index (κ3) is 3.93. The fraction of sp³-hybridized carbons (Fsp3) is 0.211. The third-order valence-electron chi connectivity index (χ3n) is 4.15. The van der Waals surface area contributed by atoms with E-state index in [1.807, 2.05) is 0 Å². The van der Waals surface area contributed by atoms with E-state index >= 15 is 0 Å². The fourth-order valence-corrected chi connectivity index (χ4v) is 2.72. The molecule has 0 atom stereocenters. The average molecular weight is 357 g/mol. The first-order valence-electron chi connectivity index (χ1n) is 8.10. The van der Waals surface area contributed by atoms with Crippen molar-refractivity contribution in [2.24, 2.45) is 5.10 Å². The van der Waals surface area contributed by atoms with Crippen molar-refractivity contribution in [2.45, 2.75) is 18.9 Å². The molecule has 7 heteroatoms. The maximum atomic E-state index is 13.2. The molecule has 26 heavy (non-hydrogen) atoms. The van der Waals surface area contributed by atoms with E-state index in [1.165, 1.54) is 31.3 Å². The SMILES string of the molecule is CN1N=C(C(=O)NC(c2ccc(F)cc2)c2ccc(F)cc2)CCC1=O. The lowest BCUT2D eigenvalue weighted by Gasteiger charge is -2.23. The van der Waals surface area contributed by atoms with E-state index in [4.69, 9.17) is 0 Å². The van der Waals surface area contributed by atoms with Gasteiger partial charge in [0.15, 0.2) is 0 Å². The van der Waals surface area contributed by atoms with Gasteiger partial charge in [-0.3, -0.25) is 9.59 Å². The summed E-state index contributed by atoms with van der Waals surface area (Å²) in [6, 6.07) is 10.8. The molecular formula is C19H17F2N3O2.